The van der Waals surface area contributed by atoms with E-state index in [4.69, 9.17) is 16.3 Å². The number of ether oxygens (including phenoxy) is 1. The monoisotopic (exact) mass is 295 g/mol. The first-order valence-corrected chi connectivity index (χ1v) is 7.63. The maximum atomic E-state index is 12.2. The van der Waals surface area contributed by atoms with Crippen LogP contribution < -0.4 is 10.1 Å². The van der Waals surface area contributed by atoms with Crippen molar-refractivity contribution in [2.24, 2.45) is 5.41 Å². The van der Waals surface area contributed by atoms with E-state index in [0.717, 1.165) is 24.2 Å². The molecule has 1 atom stereocenters. The number of alkyl halides is 1. The first-order valence-electron chi connectivity index (χ1n) is 7.10. The Balaban J connectivity index is 1.82. The van der Waals surface area contributed by atoms with Crippen molar-refractivity contribution in [3.8, 4) is 5.75 Å². The molecule has 3 nitrogen and oxygen atoms in total. The molecule has 1 aliphatic heterocycles. The molecule has 4 heteroatoms. The summed E-state index contributed by atoms with van der Waals surface area (Å²) < 4.78 is 5.68. The van der Waals surface area contributed by atoms with Crippen molar-refractivity contribution in [3.63, 3.8) is 0 Å². The van der Waals surface area contributed by atoms with Crippen LogP contribution >= 0.6 is 11.6 Å². The van der Waals surface area contributed by atoms with E-state index in [1.165, 1.54) is 0 Å². The number of para-hydroxylation sites is 1. The molecule has 0 bridgehead atoms. The predicted octanol–water partition coefficient (Wildman–Crippen LogP) is 3.15. The number of fused-ring (bicyclic) bond motifs is 1. The Morgan fingerprint density at radius 2 is 2.20 bits per heavy atom. The number of halogens is 1. The predicted molar refractivity (Wildman–Crippen MR) is 81.3 cm³/mol. The molecule has 0 fully saturated rings. The SMILES string of the molecule is CC(C)(CCCCl)CNC(=O)C1Cc2ccccc2O1. The van der Waals surface area contributed by atoms with Crippen LogP contribution in [0.15, 0.2) is 24.3 Å². The lowest BCUT2D eigenvalue weighted by atomic mass is 9.88. The summed E-state index contributed by atoms with van der Waals surface area (Å²) in [5, 5.41) is 3.00. The van der Waals surface area contributed by atoms with E-state index >= 15 is 0 Å². The minimum atomic E-state index is -0.392. The Bertz CT molecular complexity index is 448. The van der Waals surface area contributed by atoms with E-state index in [9.17, 15) is 4.79 Å². The second-order valence-electron chi connectivity index (χ2n) is 6.09. The number of hydrogen-bond acceptors (Lipinski definition) is 2. The minimum Gasteiger partial charge on any atom is -0.480 e. The average Bonchev–Trinajstić information content (AvgIpc) is 2.86. The van der Waals surface area contributed by atoms with E-state index < -0.39 is 6.10 Å². The largest absolute Gasteiger partial charge is 0.480 e. The second kappa shape index (κ2) is 6.49. The van der Waals surface area contributed by atoms with Crippen molar-refractivity contribution >= 4 is 17.5 Å². The van der Waals surface area contributed by atoms with Crippen molar-refractivity contribution in [2.45, 2.75) is 39.2 Å². The smallest absolute Gasteiger partial charge is 0.261 e. The maximum absolute atomic E-state index is 12.2. The summed E-state index contributed by atoms with van der Waals surface area (Å²) in [5.41, 5.74) is 1.17. The number of rotatable bonds is 6. The van der Waals surface area contributed by atoms with Crippen LogP contribution in [0.5, 0.6) is 5.75 Å². The highest BCUT2D eigenvalue weighted by atomic mass is 35.5. The minimum absolute atomic E-state index is 0.0276. The Labute approximate surface area is 125 Å². The van der Waals surface area contributed by atoms with Gasteiger partial charge in [0.1, 0.15) is 5.75 Å². The zero-order valence-electron chi connectivity index (χ0n) is 12.1. The van der Waals surface area contributed by atoms with E-state index in [1.54, 1.807) is 0 Å². The van der Waals surface area contributed by atoms with E-state index in [0.29, 0.717) is 18.8 Å². The molecule has 0 radical (unpaired) electrons. The van der Waals surface area contributed by atoms with Gasteiger partial charge in [-0.3, -0.25) is 4.79 Å². The molecular weight excluding hydrogens is 274 g/mol. The number of hydrogen-bond donors (Lipinski definition) is 1. The average molecular weight is 296 g/mol. The Morgan fingerprint density at radius 1 is 1.45 bits per heavy atom. The van der Waals surface area contributed by atoms with Gasteiger partial charge < -0.3 is 10.1 Å². The molecule has 1 heterocycles. The van der Waals surface area contributed by atoms with Crippen molar-refractivity contribution in [1.29, 1.82) is 0 Å². The summed E-state index contributed by atoms with van der Waals surface area (Å²) in [5.74, 6) is 1.47. The number of benzene rings is 1. The fourth-order valence-corrected chi connectivity index (χ4v) is 2.54. The molecule has 1 amide bonds. The third-order valence-electron chi connectivity index (χ3n) is 3.67. The molecule has 1 unspecified atom stereocenters. The third-order valence-corrected chi connectivity index (χ3v) is 3.94. The molecule has 0 spiro atoms. The first kappa shape index (κ1) is 15.2. The highest BCUT2D eigenvalue weighted by Gasteiger charge is 2.29. The van der Waals surface area contributed by atoms with Gasteiger partial charge >= 0.3 is 0 Å². The van der Waals surface area contributed by atoms with Gasteiger partial charge in [-0.2, -0.15) is 0 Å². The molecule has 1 N–H and O–H groups in total. The van der Waals surface area contributed by atoms with Crippen LogP contribution in [-0.2, 0) is 11.2 Å². The van der Waals surface area contributed by atoms with Gasteiger partial charge in [-0.1, -0.05) is 32.0 Å². The molecule has 0 saturated carbocycles. The Morgan fingerprint density at radius 3 is 2.90 bits per heavy atom. The number of carbonyl (C=O) groups excluding carboxylic acids is 1. The Kier molecular flexibility index (Phi) is 4.92. The molecule has 1 aromatic carbocycles. The van der Waals surface area contributed by atoms with Crippen LogP contribution in [0.25, 0.3) is 0 Å². The van der Waals surface area contributed by atoms with Gasteiger partial charge in [0.15, 0.2) is 6.10 Å². The third kappa shape index (κ3) is 3.89. The molecule has 110 valence electrons. The second-order valence-corrected chi connectivity index (χ2v) is 6.47. The van der Waals surface area contributed by atoms with Gasteiger partial charge in [0.05, 0.1) is 0 Å². The molecule has 0 aliphatic carbocycles. The maximum Gasteiger partial charge on any atom is 0.261 e. The zero-order chi connectivity index (χ0) is 14.6. The normalized spacial score (nSPS) is 17.4. The standard InChI is InChI=1S/C16H22ClNO2/c1-16(2,8-5-9-17)11-18-15(19)14-10-12-6-3-4-7-13(12)20-14/h3-4,6-7,14H,5,8-11H2,1-2H3,(H,18,19). The van der Waals surface area contributed by atoms with Crippen LogP contribution in [0, 0.1) is 5.41 Å². The summed E-state index contributed by atoms with van der Waals surface area (Å²) in [7, 11) is 0. The van der Waals surface area contributed by atoms with Gasteiger partial charge in [-0.15, -0.1) is 11.6 Å². The molecular formula is C16H22ClNO2. The van der Waals surface area contributed by atoms with Crippen LogP contribution in [0.1, 0.15) is 32.3 Å². The van der Waals surface area contributed by atoms with Crippen LogP contribution in [0.4, 0.5) is 0 Å². The summed E-state index contributed by atoms with van der Waals surface area (Å²) in [6, 6.07) is 7.81. The van der Waals surface area contributed by atoms with E-state index in [-0.39, 0.29) is 11.3 Å². The Hall–Kier alpha value is -1.22. The lowest BCUT2D eigenvalue weighted by molar-refractivity contribution is -0.127. The van der Waals surface area contributed by atoms with E-state index in [2.05, 4.69) is 19.2 Å². The first-order chi connectivity index (χ1) is 9.52. The molecule has 0 aromatic heterocycles. The van der Waals surface area contributed by atoms with Gasteiger partial charge in [0.25, 0.3) is 5.91 Å². The van der Waals surface area contributed by atoms with Gasteiger partial charge in [0, 0.05) is 18.8 Å². The summed E-state index contributed by atoms with van der Waals surface area (Å²) >= 11 is 5.72. The molecule has 2 rings (SSSR count). The topological polar surface area (TPSA) is 38.3 Å². The lowest BCUT2D eigenvalue weighted by Gasteiger charge is -2.25. The molecule has 1 aliphatic rings. The van der Waals surface area contributed by atoms with Gasteiger partial charge in [-0.25, -0.2) is 0 Å². The number of nitrogens with one attached hydrogen (secondary N) is 1. The summed E-state index contributed by atoms with van der Waals surface area (Å²) in [4.78, 5) is 12.2. The van der Waals surface area contributed by atoms with Crippen molar-refractivity contribution in [2.75, 3.05) is 12.4 Å². The fraction of sp³-hybridized carbons (Fsp3) is 0.562. The highest BCUT2D eigenvalue weighted by molar-refractivity contribution is 6.17. The summed E-state index contributed by atoms with van der Waals surface area (Å²) in [6.45, 7) is 4.94. The van der Waals surface area contributed by atoms with Crippen molar-refractivity contribution in [3.05, 3.63) is 29.8 Å². The fourth-order valence-electron chi connectivity index (χ4n) is 2.40. The molecule has 20 heavy (non-hydrogen) atoms. The lowest BCUT2D eigenvalue weighted by Crippen LogP contribution is -2.42. The summed E-state index contributed by atoms with van der Waals surface area (Å²) in [6.07, 6.45) is 2.24. The van der Waals surface area contributed by atoms with Crippen molar-refractivity contribution in [1.82, 2.24) is 5.32 Å². The molecule has 0 saturated heterocycles. The quantitative estimate of drug-likeness (QED) is 0.819. The van der Waals surface area contributed by atoms with Gasteiger partial charge in [-0.05, 0) is 29.9 Å². The number of carbonyl (C=O) groups is 1. The van der Waals surface area contributed by atoms with Crippen LogP contribution in [0.2, 0.25) is 0 Å². The molecule has 1 aromatic rings. The van der Waals surface area contributed by atoms with Crippen LogP contribution in [0.3, 0.4) is 0 Å². The van der Waals surface area contributed by atoms with Crippen LogP contribution in [-0.4, -0.2) is 24.4 Å². The number of amides is 1. The zero-order valence-corrected chi connectivity index (χ0v) is 12.9. The van der Waals surface area contributed by atoms with Gasteiger partial charge in [0.2, 0.25) is 0 Å². The van der Waals surface area contributed by atoms with Crippen molar-refractivity contribution < 1.29 is 9.53 Å². The van der Waals surface area contributed by atoms with E-state index in [1.807, 2.05) is 24.3 Å². The highest BCUT2D eigenvalue weighted by Crippen LogP contribution is 2.28.